The molecule has 3 amide bonds. The van der Waals surface area contributed by atoms with Crippen molar-refractivity contribution in [3.05, 3.63) is 65.2 Å². The molecule has 1 aromatic rings. The summed E-state index contributed by atoms with van der Waals surface area (Å²) < 4.78 is 25.0. The van der Waals surface area contributed by atoms with Crippen LogP contribution in [0.15, 0.2) is 53.8 Å². The van der Waals surface area contributed by atoms with Gasteiger partial charge in [0.1, 0.15) is 12.4 Å². The number of hydrogen-bond donors (Lipinski definition) is 2. The van der Waals surface area contributed by atoms with Gasteiger partial charge in [-0.2, -0.15) is 0 Å². The van der Waals surface area contributed by atoms with Crippen molar-refractivity contribution < 1.29 is 33.4 Å². The first-order valence-electron chi connectivity index (χ1n) is 9.64. The number of nitrogens with zero attached hydrogens (tertiary/aromatic N) is 1. The highest BCUT2D eigenvalue weighted by molar-refractivity contribution is 6.05. The number of carbonyl (C=O) groups excluding carboxylic acids is 3. The second-order valence-corrected chi connectivity index (χ2v) is 7.15. The van der Waals surface area contributed by atoms with Crippen LogP contribution in [-0.4, -0.2) is 47.1 Å². The number of rotatable bonds is 5. The molecule has 31 heavy (non-hydrogen) atoms. The average molecular weight is 430 g/mol. The van der Waals surface area contributed by atoms with Crippen molar-refractivity contribution in [3.63, 3.8) is 0 Å². The zero-order valence-electron chi connectivity index (χ0n) is 17.2. The fourth-order valence-corrected chi connectivity index (χ4v) is 3.26. The predicted molar refractivity (Wildman–Crippen MR) is 108 cm³/mol. The standard InChI is InChI=1S/C22H23FN2O6/c1-14-5-3-7-16(31-13-15-6-4-8-17(30-2)19(15)23)10-12-25(20(14)27)22(29)11-9-18(26)24-21(22)28/h3-8,10,29H,9,11-13H2,1-2H3,(H,24,26,28)/b7-3-,14-5+,16-10-. The van der Waals surface area contributed by atoms with Crippen LogP contribution in [0.25, 0.3) is 0 Å². The van der Waals surface area contributed by atoms with Crippen LogP contribution in [0.3, 0.4) is 0 Å². The first-order chi connectivity index (χ1) is 14.8. The number of aliphatic hydroxyl groups is 1. The lowest BCUT2D eigenvalue weighted by molar-refractivity contribution is -0.178. The SMILES string of the molecule is COc1cccc(COC2=C\CN(C3(O)CCC(=O)NC3=O)C(=O)/C(C)=C/C=C\2)c1F. The molecule has 0 bridgehead atoms. The average Bonchev–Trinajstić information content (AvgIpc) is 2.81. The zero-order chi connectivity index (χ0) is 22.6. The number of methoxy groups -OCH3 is 1. The van der Waals surface area contributed by atoms with Gasteiger partial charge in [0.15, 0.2) is 11.6 Å². The maximum absolute atomic E-state index is 14.4. The van der Waals surface area contributed by atoms with Crippen LogP contribution < -0.4 is 10.1 Å². The van der Waals surface area contributed by atoms with Gasteiger partial charge in [-0.15, -0.1) is 0 Å². The summed E-state index contributed by atoms with van der Waals surface area (Å²) in [5.41, 5.74) is -1.62. The molecule has 0 spiro atoms. The topological polar surface area (TPSA) is 105 Å². The minimum atomic E-state index is -2.18. The minimum absolute atomic E-state index is 0.0931. The predicted octanol–water partition coefficient (Wildman–Crippen LogP) is 1.70. The van der Waals surface area contributed by atoms with Crippen molar-refractivity contribution in [1.82, 2.24) is 10.2 Å². The van der Waals surface area contributed by atoms with Crippen LogP contribution in [0, 0.1) is 5.82 Å². The number of carbonyl (C=O) groups is 3. The number of imide groups is 1. The Kier molecular flexibility index (Phi) is 6.55. The Balaban J connectivity index is 1.84. The van der Waals surface area contributed by atoms with Gasteiger partial charge in [-0.3, -0.25) is 24.6 Å². The summed E-state index contributed by atoms with van der Waals surface area (Å²) in [7, 11) is 1.37. The number of hydrogen-bond acceptors (Lipinski definition) is 6. The Hall–Kier alpha value is -3.46. The highest BCUT2D eigenvalue weighted by Gasteiger charge is 2.48. The Morgan fingerprint density at radius 2 is 2.06 bits per heavy atom. The molecule has 0 radical (unpaired) electrons. The van der Waals surface area contributed by atoms with E-state index >= 15 is 0 Å². The van der Waals surface area contributed by atoms with E-state index in [1.165, 1.54) is 25.3 Å². The second-order valence-electron chi connectivity index (χ2n) is 7.15. The lowest BCUT2D eigenvalue weighted by Gasteiger charge is -2.39. The lowest BCUT2D eigenvalue weighted by atomic mass is 9.98. The molecule has 8 nitrogen and oxygen atoms in total. The molecule has 2 aliphatic heterocycles. The van der Waals surface area contributed by atoms with Gasteiger partial charge in [-0.05, 0) is 25.1 Å². The lowest BCUT2D eigenvalue weighted by Crippen LogP contribution is -2.64. The van der Waals surface area contributed by atoms with E-state index in [0.29, 0.717) is 5.76 Å². The van der Waals surface area contributed by atoms with Crippen LogP contribution in [-0.2, 0) is 25.7 Å². The molecule has 2 aliphatic rings. The molecule has 1 aromatic carbocycles. The smallest absolute Gasteiger partial charge is 0.279 e. The van der Waals surface area contributed by atoms with E-state index in [2.05, 4.69) is 5.32 Å². The van der Waals surface area contributed by atoms with E-state index in [9.17, 15) is 23.9 Å². The second kappa shape index (κ2) is 9.13. The monoisotopic (exact) mass is 430 g/mol. The molecule has 9 heteroatoms. The fraction of sp³-hybridized carbons (Fsp3) is 0.318. The summed E-state index contributed by atoms with van der Waals surface area (Å²) in [4.78, 5) is 37.6. The van der Waals surface area contributed by atoms with Crippen molar-refractivity contribution in [2.45, 2.75) is 32.1 Å². The van der Waals surface area contributed by atoms with Crippen LogP contribution in [0.5, 0.6) is 5.75 Å². The van der Waals surface area contributed by atoms with Gasteiger partial charge < -0.3 is 14.6 Å². The largest absolute Gasteiger partial charge is 0.494 e. The van der Waals surface area contributed by atoms with E-state index in [1.54, 1.807) is 31.2 Å². The number of amides is 3. The molecule has 1 unspecified atom stereocenters. The highest BCUT2D eigenvalue weighted by Crippen LogP contribution is 2.26. The van der Waals surface area contributed by atoms with E-state index in [4.69, 9.17) is 9.47 Å². The molecule has 2 N–H and O–H groups in total. The summed E-state index contributed by atoms with van der Waals surface area (Å²) in [6.07, 6.45) is 5.87. The number of ether oxygens (including phenoxy) is 2. The Bertz CT molecular complexity index is 1000. The summed E-state index contributed by atoms with van der Waals surface area (Å²) in [6.45, 7) is 1.28. The van der Waals surface area contributed by atoms with E-state index in [-0.39, 0.29) is 42.9 Å². The minimum Gasteiger partial charge on any atom is -0.494 e. The quantitative estimate of drug-likeness (QED) is 0.689. The molecule has 0 saturated carbocycles. The first kappa shape index (κ1) is 22.2. The molecule has 1 atom stereocenters. The molecule has 1 saturated heterocycles. The van der Waals surface area contributed by atoms with Gasteiger partial charge in [0, 0.05) is 30.5 Å². The number of piperidine rings is 1. The summed E-state index contributed by atoms with van der Waals surface area (Å²) in [6, 6.07) is 4.69. The molecular weight excluding hydrogens is 407 g/mol. The van der Waals surface area contributed by atoms with Gasteiger partial charge in [-0.1, -0.05) is 24.3 Å². The number of halogens is 1. The molecule has 1 fully saturated rings. The Labute approximate surface area is 178 Å². The maximum atomic E-state index is 14.4. The van der Waals surface area contributed by atoms with Crippen molar-refractivity contribution in [2.24, 2.45) is 0 Å². The number of nitrogens with one attached hydrogen (secondary N) is 1. The normalized spacial score (nSPS) is 26.5. The van der Waals surface area contributed by atoms with Crippen molar-refractivity contribution >= 4 is 17.7 Å². The molecule has 3 rings (SSSR count). The third-order valence-electron chi connectivity index (χ3n) is 5.09. The molecule has 0 aliphatic carbocycles. The number of allylic oxidation sites excluding steroid dienone is 3. The van der Waals surface area contributed by atoms with E-state index < -0.39 is 29.3 Å². The van der Waals surface area contributed by atoms with Crippen LogP contribution in [0.4, 0.5) is 4.39 Å². The zero-order valence-corrected chi connectivity index (χ0v) is 17.2. The first-order valence-corrected chi connectivity index (χ1v) is 9.64. The molecule has 2 heterocycles. The third kappa shape index (κ3) is 4.66. The van der Waals surface area contributed by atoms with Gasteiger partial charge in [0.05, 0.1) is 7.11 Å². The molecule has 164 valence electrons. The van der Waals surface area contributed by atoms with E-state index in [1.807, 2.05) is 0 Å². The van der Waals surface area contributed by atoms with Gasteiger partial charge >= 0.3 is 0 Å². The third-order valence-corrected chi connectivity index (χ3v) is 5.09. The Morgan fingerprint density at radius 1 is 1.29 bits per heavy atom. The van der Waals surface area contributed by atoms with Gasteiger partial charge in [0.25, 0.3) is 11.8 Å². The van der Waals surface area contributed by atoms with Crippen LogP contribution >= 0.6 is 0 Å². The summed E-state index contributed by atoms with van der Waals surface area (Å²) in [5.74, 6) is -2.17. The summed E-state index contributed by atoms with van der Waals surface area (Å²) >= 11 is 0. The van der Waals surface area contributed by atoms with Gasteiger partial charge in [-0.25, -0.2) is 4.39 Å². The molecular formula is C22H23FN2O6. The highest BCUT2D eigenvalue weighted by atomic mass is 19.1. The van der Waals surface area contributed by atoms with Crippen molar-refractivity contribution in [1.29, 1.82) is 0 Å². The van der Waals surface area contributed by atoms with Crippen LogP contribution in [0.1, 0.15) is 25.3 Å². The molecule has 0 aromatic heterocycles. The van der Waals surface area contributed by atoms with E-state index in [0.717, 1.165) is 4.90 Å². The maximum Gasteiger partial charge on any atom is 0.279 e. The van der Waals surface area contributed by atoms with Crippen molar-refractivity contribution in [3.8, 4) is 5.75 Å². The van der Waals surface area contributed by atoms with Crippen LogP contribution in [0.2, 0.25) is 0 Å². The fourth-order valence-electron chi connectivity index (χ4n) is 3.26. The van der Waals surface area contributed by atoms with Crippen molar-refractivity contribution in [2.75, 3.05) is 13.7 Å². The Morgan fingerprint density at radius 3 is 2.77 bits per heavy atom. The summed E-state index contributed by atoms with van der Waals surface area (Å²) in [5, 5.41) is 13.0. The van der Waals surface area contributed by atoms with Gasteiger partial charge in [0.2, 0.25) is 11.6 Å². The number of benzene rings is 1.